The van der Waals surface area contributed by atoms with Gasteiger partial charge in [0.1, 0.15) is 0 Å². The summed E-state index contributed by atoms with van der Waals surface area (Å²) in [5.74, 6) is -0.833. The lowest BCUT2D eigenvalue weighted by Gasteiger charge is -2.21. The number of aliphatic carboxylic acids is 1. The molecule has 1 saturated carbocycles. The fourth-order valence-electron chi connectivity index (χ4n) is 3.74. The molecule has 0 bridgehead atoms. The molecule has 0 aliphatic heterocycles. The molecule has 1 aliphatic carbocycles. The zero-order valence-corrected chi connectivity index (χ0v) is 15.5. The second kappa shape index (κ2) is 12.4. The minimum absolute atomic E-state index is 0.0218. The third-order valence-corrected chi connectivity index (χ3v) is 5.25. The van der Waals surface area contributed by atoms with E-state index in [1.807, 2.05) is 6.08 Å². The number of hydrogen-bond donors (Lipinski definition) is 4. The molecule has 0 radical (unpaired) electrons. The summed E-state index contributed by atoms with van der Waals surface area (Å²) in [6.07, 6.45) is 11.0. The Morgan fingerprint density at radius 2 is 1.80 bits per heavy atom. The van der Waals surface area contributed by atoms with Gasteiger partial charge in [0.15, 0.2) is 0 Å². The third-order valence-electron chi connectivity index (χ3n) is 5.25. The maximum Gasteiger partial charge on any atom is 0.303 e. The fourth-order valence-corrected chi connectivity index (χ4v) is 3.74. The van der Waals surface area contributed by atoms with Crippen LogP contribution in [0.15, 0.2) is 12.2 Å². The van der Waals surface area contributed by atoms with Crippen LogP contribution in [-0.2, 0) is 4.79 Å². The molecule has 0 unspecified atom stereocenters. The van der Waals surface area contributed by atoms with Crippen molar-refractivity contribution >= 4 is 5.97 Å². The number of carboxylic acid groups (broad SMARTS) is 1. The molecule has 4 N–H and O–H groups in total. The first-order chi connectivity index (χ1) is 12.0. The van der Waals surface area contributed by atoms with E-state index in [-0.39, 0.29) is 18.3 Å². The van der Waals surface area contributed by atoms with Crippen LogP contribution in [-0.4, -0.2) is 44.7 Å². The van der Waals surface area contributed by atoms with Crippen molar-refractivity contribution < 1.29 is 25.2 Å². The lowest BCUT2D eigenvalue weighted by molar-refractivity contribution is -0.137. The highest BCUT2D eigenvalue weighted by molar-refractivity contribution is 5.66. The van der Waals surface area contributed by atoms with Crippen LogP contribution in [0.3, 0.4) is 0 Å². The van der Waals surface area contributed by atoms with Gasteiger partial charge in [-0.05, 0) is 25.2 Å². The van der Waals surface area contributed by atoms with Gasteiger partial charge in [0.05, 0.1) is 18.3 Å². The van der Waals surface area contributed by atoms with E-state index in [1.54, 1.807) is 6.08 Å². The number of hydrogen-bond acceptors (Lipinski definition) is 4. The summed E-state index contributed by atoms with van der Waals surface area (Å²) in [5, 5.41) is 39.0. The zero-order valence-electron chi connectivity index (χ0n) is 15.5. The second-order valence-electron chi connectivity index (χ2n) is 7.41. The summed E-state index contributed by atoms with van der Waals surface area (Å²) in [6.45, 7) is 2.13. The summed E-state index contributed by atoms with van der Waals surface area (Å²) in [6, 6.07) is 0. The Labute approximate surface area is 151 Å². The van der Waals surface area contributed by atoms with Crippen LogP contribution in [0.2, 0.25) is 0 Å². The monoisotopic (exact) mass is 356 g/mol. The first kappa shape index (κ1) is 22.1. The van der Waals surface area contributed by atoms with E-state index in [0.29, 0.717) is 12.8 Å². The van der Waals surface area contributed by atoms with Gasteiger partial charge in [0.25, 0.3) is 0 Å². The van der Waals surface area contributed by atoms with Gasteiger partial charge in [-0.3, -0.25) is 4.79 Å². The molecule has 1 rings (SSSR count). The predicted molar refractivity (Wildman–Crippen MR) is 98.2 cm³/mol. The number of carboxylic acids is 1. The van der Waals surface area contributed by atoms with E-state index in [0.717, 1.165) is 51.4 Å². The second-order valence-corrected chi connectivity index (χ2v) is 7.41. The van der Waals surface area contributed by atoms with E-state index in [9.17, 15) is 20.1 Å². The van der Waals surface area contributed by atoms with Crippen LogP contribution in [0.25, 0.3) is 0 Å². The molecule has 5 atom stereocenters. The van der Waals surface area contributed by atoms with Crippen molar-refractivity contribution in [3.63, 3.8) is 0 Å². The van der Waals surface area contributed by atoms with Crippen LogP contribution in [0.5, 0.6) is 0 Å². The lowest BCUT2D eigenvalue weighted by Crippen LogP contribution is -2.21. The van der Waals surface area contributed by atoms with Crippen LogP contribution >= 0.6 is 0 Å². The van der Waals surface area contributed by atoms with Gasteiger partial charge in [-0.1, -0.05) is 57.6 Å². The standard InChI is InChI=1S/C20H36O5/c1-2-3-6-9-15(21)12-13-17-16(18(22)14-19(17)23)10-7-4-5-8-11-20(24)25/h12-13,15-19,21-23H,2-11,14H2,1H3,(H,24,25)/b13-12+/t15-,16+,17+,18-,19+/m1/s1. The molecular formula is C20H36O5. The Morgan fingerprint density at radius 1 is 1.08 bits per heavy atom. The SMILES string of the molecule is CCCCC[C@@H](O)/C=C/[C@H]1[C@H](CCCCCCC(=O)O)[C@H](O)C[C@@H]1O. The van der Waals surface area contributed by atoms with E-state index < -0.39 is 24.3 Å². The van der Waals surface area contributed by atoms with Gasteiger partial charge >= 0.3 is 5.97 Å². The number of unbranched alkanes of at least 4 members (excludes halogenated alkanes) is 5. The minimum atomic E-state index is -0.753. The van der Waals surface area contributed by atoms with Gasteiger partial charge in [0, 0.05) is 18.8 Å². The van der Waals surface area contributed by atoms with Gasteiger partial charge in [0.2, 0.25) is 0 Å². The number of carbonyl (C=O) groups is 1. The highest BCUT2D eigenvalue weighted by Crippen LogP contribution is 2.37. The summed E-state index contributed by atoms with van der Waals surface area (Å²) < 4.78 is 0. The van der Waals surface area contributed by atoms with Gasteiger partial charge in [-0.2, -0.15) is 0 Å². The Hall–Kier alpha value is -0.910. The van der Waals surface area contributed by atoms with Crippen LogP contribution in [0.1, 0.15) is 77.6 Å². The molecule has 0 aromatic rings. The molecule has 0 aromatic heterocycles. The van der Waals surface area contributed by atoms with Gasteiger partial charge in [-0.15, -0.1) is 0 Å². The molecule has 25 heavy (non-hydrogen) atoms. The Balaban J connectivity index is 2.38. The number of rotatable bonds is 13. The van der Waals surface area contributed by atoms with Crippen molar-refractivity contribution in [1.29, 1.82) is 0 Å². The van der Waals surface area contributed by atoms with Crippen molar-refractivity contribution in [3.05, 3.63) is 12.2 Å². The Kier molecular flexibility index (Phi) is 11.0. The normalized spacial score (nSPS) is 27.8. The molecule has 5 nitrogen and oxygen atoms in total. The molecule has 1 fully saturated rings. The number of aliphatic hydroxyl groups is 3. The third kappa shape index (κ3) is 8.84. The number of aliphatic hydroxyl groups excluding tert-OH is 3. The highest BCUT2D eigenvalue weighted by Gasteiger charge is 2.39. The van der Waals surface area contributed by atoms with Crippen molar-refractivity contribution in [2.24, 2.45) is 11.8 Å². The Morgan fingerprint density at radius 3 is 2.48 bits per heavy atom. The maximum absolute atomic E-state index is 10.5. The fraction of sp³-hybridized carbons (Fsp3) is 0.850. The molecule has 1 aliphatic rings. The van der Waals surface area contributed by atoms with Gasteiger partial charge in [-0.25, -0.2) is 0 Å². The molecule has 0 spiro atoms. The van der Waals surface area contributed by atoms with Crippen molar-refractivity contribution in [2.45, 2.75) is 95.9 Å². The van der Waals surface area contributed by atoms with Crippen LogP contribution in [0, 0.1) is 11.8 Å². The first-order valence-corrected chi connectivity index (χ1v) is 9.90. The topological polar surface area (TPSA) is 98.0 Å². The molecule has 5 heteroatoms. The first-order valence-electron chi connectivity index (χ1n) is 9.90. The van der Waals surface area contributed by atoms with Crippen LogP contribution < -0.4 is 0 Å². The van der Waals surface area contributed by atoms with E-state index in [2.05, 4.69) is 6.92 Å². The van der Waals surface area contributed by atoms with E-state index in [1.165, 1.54) is 0 Å². The van der Waals surface area contributed by atoms with Crippen molar-refractivity contribution in [1.82, 2.24) is 0 Å². The summed E-state index contributed by atoms with van der Waals surface area (Å²) in [4.78, 5) is 10.5. The van der Waals surface area contributed by atoms with Crippen LogP contribution in [0.4, 0.5) is 0 Å². The Bertz CT molecular complexity index is 396. The van der Waals surface area contributed by atoms with Crippen molar-refractivity contribution in [2.75, 3.05) is 0 Å². The highest BCUT2D eigenvalue weighted by atomic mass is 16.4. The van der Waals surface area contributed by atoms with Gasteiger partial charge < -0.3 is 20.4 Å². The minimum Gasteiger partial charge on any atom is -0.481 e. The quantitative estimate of drug-likeness (QED) is 0.300. The average molecular weight is 357 g/mol. The maximum atomic E-state index is 10.5. The zero-order chi connectivity index (χ0) is 18.7. The molecule has 0 aromatic carbocycles. The molecule has 0 saturated heterocycles. The molecule has 0 amide bonds. The summed E-state index contributed by atoms with van der Waals surface area (Å²) in [5.41, 5.74) is 0. The van der Waals surface area contributed by atoms with E-state index >= 15 is 0 Å². The summed E-state index contributed by atoms with van der Waals surface area (Å²) in [7, 11) is 0. The smallest absolute Gasteiger partial charge is 0.303 e. The summed E-state index contributed by atoms with van der Waals surface area (Å²) >= 11 is 0. The largest absolute Gasteiger partial charge is 0.481 e. The van der Waals surface area contributed by atoms with Crippen molar-refractivity contribution in [3.8, 4) is 0 Å². The van der Waals surface area contributed by atoms with E-state index in [4.69, 9.17) is 5.11 Å². The average Bonchev–Trinajstić information content (AvgIpc) is 2.82. The lowest BCUT2D eigenvalue weighted by atomic mass is 9.88. The molecule has 146 valence electrons. The molecule has 0 heterocycles. The predicted octanol–water partition coefficient (Wildman–Crippen LogP) is 3.27. The molecular weight excluding hydrogens is 320 g/mol.